The van der Waals surface area contributed by atoms with Gasteiger partial charge >= 0.3 is 0 Å². The van der Waals surface area contributed by atoms with Crippen molar-refractivity contribution in [2.75, 3.05) is 44.2 Å². The fourth-order valence-electron chi connectivity index (χ4n) is 4.32. The van der Waals surface area contributed by atoms with E-state index in [0.717, 1.165) is 69.7 Å². The molecule has 4 nitrogen and oxygen atoms in total. The molecule has 1 aliphatic rings. The zero-order chi connectivity index (χ0) is 22.6. The van der Waals surface area contributed by atoms with Gasteiger partial charge in [0.05, 0.1) is 5.71 Å². The van der Waals surface area contributed by atoms with Crippen LogP contribution in [0.2, 0.25) is 0 Å². The lowest BCUT2D eigenvalue weighted by atomic mass is 10.0. The van der Waals surface area contributed by atoms with Crippen molar-refractivity contribution < 1.29 is 4.84 Å². The van der Waals surface area contributed by atoms with Crippen LogP contribution in [0, 0.1) is 0 Å². The van der Waals surface area contributed by atoms with Crippen molar-refractivity contribution in [3.63, 3.8) is 0 Å². The highest BCUT2D eigenvalue weighted by Gasteiger charge is 2.16. The Labute approximate surface area is 198 Å². The second kappa shape index (κ2) is 12.8. The average Bonchev–Trinajstić information content (AvgIpc) is 2.89. The molecule has 4 rings (SSSR count). The number of nitrogens with zero attached hydrogens (tertiary/aromatic N) is 3. The van der Waals surface area contributed by atoms with Crippen LogP contribution in [-0.2, 0) is 11.3 Å². The molecule has 0 unspecified atom stereocenters. The van der Waals surface area contributed by atoms with Gasteiger partial charge in [0, 0.05) is 38.4 Å². The first kappa shape index (κ1) is 23.1. The lowest BCUT2D eigenvalue weighted by Crippen LogP contribution is -2.46. The van der Waals surface area contributed by atoms with E-state index >= 15 is 0 Å². The predicted octanol–water partition coefficient (Wildman–Crippen LogP) is 5.64. The van der Waals surface area contributed by atoms with Gasteiger partial charge in [0.25, 0.3) is 0 Å². The third-order valence-corrected chi connectivity index (χ3v) is 6.21. The van der Waals surface area contributed by atoms with Crippen LogP contribution in [0.25, 0.3) is 0 Å². The maximum Gasteiger partial charge on any atom is 0.118 e. The molecule has 0 spiro atoms. The highest BCUT2D eigenvalue weighted by molar-refractivity contribution is 6.00. The molecule has 1 aliphatic heterocycles. The molecule has 0 atom stereocenters. The SMILES string of the molecule is c1ccc(CCCC(=NOCCCN2CCN(c3ccccc3)CC2)c2ccccc2)cc1. The third kappa shape index (κ3) is 7.47. The van der Waals surface area contributed by atoms with Gasteiger partial charge in [0.1, 0.15) is 6.61 Å². The fraction of sp³-hybridized carbons (Fsp3) is 0.345. The fourth-order valence-corrected chi connectivity index (χ4v) is 4.32. The van der Waals surface area contributed by atoms with E-state index in [2.05, 4.69) is 99.9 Å². The molecule has 0 radical (unpaired) electrons. The maximum absolute atomic E-state index is 5.79. The predicted molar refractivity (Wildman–Crippen MR) is 138 cm³/mol. The zero-order valence-corrected chi connectivity index (χ0v) is 19.5. The summed E-state index contributed by atoms with van der Waals surface area (Å²) in [6.07, 6.45) is 4.04. The second-order valence-electron chi connectivity index (χ2n) is 8.59. The van der Waals surface area contributed by atoms with E-state index < -0.39 is 0 Å². The van der Waals surface area contributed by atoms with E-state index in [4.69, 9.17) is 4.84 Å². The average molecular weight is 442 g/mol. The van der Waals surface area contributed by atoms with Crippen molar-refractivity contribution in [3.05, 3.63) is 102 Å². The minimum Gasteiger partial charge on any atom is -0.396 e. The van der Waals surface area contributed by atoms with E-state index in [0.29, 0.717) is 6.61 Å². The van der Waals surface area contributed by atoms with E-state index in [-0.39, 0.29) is 0 Å². The van der Waals surface area contributed by atoms with Gasteiger partial charge < -0.3 is 9.74 Å². The Hall–Kier alpha value is -3.11. The Morgan fingerprint density at radius 3 is 2.06 bits per heavy atom. The first-order valence-electron chi connectivity index (χ1n) is 12.2. The Bertz CT molecular complexity index is 952. The van der Waals surface area contributed by atoms with Gasteiger partial charge in [-0.3, -0.25) is 4.90 Å². The molecule has 0 saturated carbocycles. The van der Waals surface area contributed by atoms with Gasteiger partial charge in [0.15, 0.2) is 0 Å². The minimum atomic E-state index is 0.661. The van der Waals surface area contributed by atoms with Crippen LogP contribution in [0.3, 0.4) is 0 Å². The van der Waals surface area contributed by atoms with Gasteiger partial charge in [0.2, 0.25) is 0 Å². The smallest absolute Gasteiger partial charge is 0.118 e. The molecular weight excluding hydrogens is 406 g/mol. The molecule has 1 heterocycles. The van der Waals surface area contributed by atoms with Crippen LogP contribution in [0.15, 0.2) is 96.2 Å². The Balaban J connectivity index is 1.19. The summed E-state index contributed by atoms with van der Waals surface area (Å²) in [5.41, 5.74) is 4.90. The van der Waals surface area contributed by atoms with Crippen LogP contribution in [-0.4, -0.2) is 49.9 Å². The molecule has 1 fully saturated rings. The van der Waals surface area contributed by atoms with E-state index in [1.54, 1.807) is 0 Å². The maximum atomic E-state index is 5.79. The third-order valence-electron chi connectivity index (χ3n) is 6.21. The first-order chi connectivity index (χ1) is 16.4. The van der Waals surface area contributed by atoms with Crippen LogP contribution in [0.1, 0.15) is 30.4 Å². The molecule has 0 aromatic heterocycles. The number of rotatable bonds is 11. The first-order valence-corrected chi connectivity index (χ1v) is 12.2. The summed E-state index contributed by atoms with van der Waals surface area (Å²) in [4.78, 5) is 10.8. The number of hydrogen-bond acceptors (Lipinski definition) is 4. The number of piperazine rings is 1. The van der Waals surface area contributed by atoms with Gasteiger partial charge in [-0.1, -0.05) is 84.0 Å². The normalized spacial score (nSPS) is 14.9. The van der Waals surface area contributed by atoms with Crippen LogP contribution in [0.5, 0.6) is 0 Å². The summed E-state index contributed by atoms with van der Waals surface area (Å²) in [5.74, 6) is 0. The van der Waals surface area contributed by atoms with E-state index in [1.165, 1.54) is 11.3 Å². The Kier molecular flexibility index (Phi) is 8.95. The lowest BCUT2D eigenvalue weighted by molar-refractivity contribution is 0.127. The molecule has 4 heteroatoms. The molecule has 0 amide bonds. The molecule has 33 heavy (non-hydrogen) atoms. The summed E-state index contributed by atoms with van der Waals surface area (Å²) in [5, 5.41) is 4.55. The topological polar surface area (TPSA) is 28.1 Å². The highest BCUT2D eigenvalue weighted by Crippen LogP contribution is 2.16. The molecular formula is C29H35N3O. The van der Waals surface area contributed by atoms with E-state index in [9.17, 15) is 0 Å². The van der Waals surface area contributed by atoms with Gasteiger partial charge in [-0.15, -0.1) is 0 Å². The second-order valence-corrected chi connectivity index (χ2v) is 8.59. The molecule has 3 aromatic carbocycles. The van der Waals surface area contributed by atoms with E-state index in [1.807, 2.05) is 6.07 Å². The highest BCUT2D eigenvalue weighted by atomic mass is 16.6. The summed E-state index contributed by atoms with van der Waals surface area (Å²) < 4.78 is 0. The summed E-state index contributed by atoms with van der Waals surface area (Å²) in [7, 11) is 0. The largest absolute Gasteiger partial charge is 0.396 e. The quantitative estimate of drug-likeness (QED) is 0.219. The van der Waals surface area contributed by atoms with Crippen molar-refractivity contribution in [1.29, 1.82) is 0 Å². The summed E-state index contributed by atoms with van der Waals surface area (Å²) in [6.45, 7) is 6.10. The lowest BCUT2D eigenvalue weighted by Gasteiger charge is -2.36. The molecule has 0 N–H and O–H groups in total. The molecule has 1 saturated heterocycles. The van der Waals surface area contributed by atoms with Crippen molar-refractivity contribution in [2.24, 2.45) is 5.16 Å². The minimum absolute atomic E-state index is 0.661. The number of hydrogen-bond donors (Lipinski definition) is 0. The van der Waals surface area contributed by atoms with Crippen LogP contribution >= 0.6 is 0 Å². The van der Waals surface area contributed by atoms with Gasteiger partial charge in [-0.25, -0.2) is 0 Å². The van der Waals surface area contributed by atoms with Crippen molar-refractivity contribution in [3.8, 4) is 0 Å². The number of para-hydroxylation sites is 1. The van der Waals surface area contributed by atoms with Crippen molar-refractivity contribution in [2.45, 2.75) is 25.7 Å². The standard InChI is InChI=1S/C29H35N3O/c1-4-12-26(13-5-1)14-10-19-29(27-15-6-2-7-16-27)30-33-25-11-20-31-21-23-32(24-22-31)28-17-8-3-9-18-28/h1-9,12-13,15-18H,10-11,14,19-25H2. The Morgan fingerprint density at radius 2 is 1.36 bits per heavy atom. The number of benzene rings is 3. The number of anilines is 1. The number of aryl methyl sites for hydroxylation is 1. The van der Waals surface area contributed by atoms with Gasteiger partial charge in [-0.05, 0) is 48.9 Å². The molecule has 0 bridgehead atoms. The monoisotopic (exact) mass is 441 g/mol. The molecule has 0 aliphatic carbocycles. The molecule has 3 aromatic rings. The zero-order valence-electron chi connectivity index (χ0n) is 19.5. The van der Waals surface area contributed by atoms with Crippen molar-refractivity contribution in [1.82, 2.24) is 4.90 Å². The van der Waals surface area contributed by atoms with Crippen LogP contribution < -0.4 is 4.90 Å². The van der Waals surface area contributed by atoms with Crippen molar-refractivity contribution >= 4 is 11.4 Å². The summed E-state index contributed by atoms with van der Waals surface area (Å²) in [6, 6.07) is 31.8. The van der Waals surface area contributed by atoms with Gasteiger partial charge in [-0.2, -0.15) is 0 Å². The number of oxime groups is 1. The summed E-state index contributed by atoms with van der Waals surface area (Å²) >= 11 is 0. The van der Waals surface area contributed by atoms with Crippen LogP contribution in [0.4, 0.5) is 5.69 Å². The Morgan fingerprint density at radius 1 is 0.727 bits per heavy atom. The molecule has 172 valence electrons.